The summed E-state index contributed by atoms with van der Waals surface area (Å²) >= 11 is 0. The standard InChI is InChI=1S/C10H17NO/c1-11(2)9(12)10-5-3-8(7-10)4-6-10/h8H,3-7H2,1-2H3. The van der Waals surface area contributed by atoms with Crippen LogP contribution in [0.15, 0.2) is 0 Å². The molecule has 0 N–H and O–H groups in total. The minimum Gasteiger partial charge on any atom is -0.348 e. The molecule has 0 atom stereocenters. The monoisotopic (exact) mass is 167 g/mol. The van der Waals surface area contributed by atoms with Crippen LogP contribution in [-0.4, -0.2) is 24.9 Å². The Morgan fingerprint density at radius 1 is 1.33 bits per heavy atom. The van der Waals surface area contributed by atoms with E-state index in [1.165, 1.54) is 19.3 Å². The molecule has 2 aliphatic rings. The molecule has 12 heavy (non-hydrogen) atoms. The van der Waals surface area contributed by atoms with Crippen LogP contribution in [-0.2, 0) is 4.79 Å². The molecule has 2 aliphatic carbocycles. The lowest BCUT2D eigenvalue weighted by molar-refractivity contribution is -0.139. The van der Waals surface area contributed by atoms with Gasteiger partial charge in [-0.15, -0.1) is 0 Å². The molecule has 2 bridgehead atoms. The van der Waals surface area contributed by atoms with Crippen molar-refractivity contribution in [2.24, 2.45) is 11.3 Å². The van der Waals surface area contributed by atoms with Crippen molar-refractivity contribution in [2.75, 3.05) is 14.1 Å². The van der Waals surface area contributed by atoms with E-state index >= 15 is 0 Å². The summed E-state index contributed by atoms with van der Waals surface area (Å²) < 4.78 is 0. The Morgan fingerprint density at radius 2 is 1.92 bits per heavy atom. The second kappa shape index (κ2) is 2.48. The van der Waals surface area contributed by atoms with E-state index in [1.54, 1.807) is 4.90 Å². The largest absolute Gasteiger partial charge is 0.348 e. The van der Waals surface area contributed by atoms with Crippen molar-refractivity contribution in [2.45, 2.75) is 32.1 Å². The highest BCUT2D eigenvalue weighted by atomic mass is 16.2. The van der Waals surface area contributed by atoms with Crippen molar-refractivity contribution in [1.82, 2.24) is 4.90 Å². The molecule has 0 aromatic rings. The quantitative estimate of drug-likeness (QED) is 0.581. The molecule has 0 aliphatic heterocycles. The first-order chi connectivity index (χ1) is 5.64. The second-order valence-corrected chi connectivity index (χ2v) is 4.63. The van der Waals surface area contributed by atoms with Crippen molar-refractivity contribution in [3.63, 3.8) is 0 Å². The van der Waals surface area contributed by atoms with Gasteiger partial charge >= 0.3 is 0 Å². The molecule has 0 saturated heterocycles. The Hall–Kier alpha value is -0.530. The molecule has 2 saturated carbocycles. The molecule has 0 heterocycles. The van der Waals surface area contributed by atoms with E-state index < -0.39 is 0 Å². The van der Waals surface area contributed by atoms with Crippen LogP contribution >= 0.6 is 0 Å². The van der Waals surface area contributed by atoms with Crippen LogP contribution in [0.4, 0.5) is 0 Å². The lowest BCUT2D eigenvalue weighted by Crippen LogP contribution is -2.37. The van der Waals surface area contributed by atoms with Crippen molar-refractivity contribution < 1.29 is 4.79 Å². The summed E-state index contributed by atoms with van der Waals surface area (Å²) in [6.45, 7) is 0. The normalized spacial score (nSPS) is 38.7. The van der Waals surface area contributed by atoms with E-state index in [-0.39, 0.29) is 5.41 Å². The summed E-state index contributed by atoms with van der Waals surface area (Å²) in [5, 5.41) is 0. The van der Waals surface area contributed by atoms with E-state index in [1.807, 2.05) is 14.1 Å². The Balaban J connectivity index is 2.16. The van der Waals surface area contributed by atoms with Gasteiger partial charge in [0.05, 0.1) is 0 Å². The number of rotatable bonds is 1. The molecule has 1 amide bonds. The van der Waals surface area contributed by atoms with Gasteiger partial charge in [0.1, 0.15) is 0 Å². The van der Waals surface area contributed by atoms with Gasteiger partial charge in [0.2, 0.25) is 5.91 Å². The van der Waals surface area contributed by atoms with Crippen molar-refractivity contribution in [3.05, 3.63) is 0 Å². The average molecular weight is 167 g/mol. The molecular formula is C10H17NO. The Labute approximate surface area is 73.9 Å². The zero-order valence-electron chi connectivity index (χ0n) is 7.97. The highest BCUT2D eigenvalue weighted by Gasteiger charge is 2.50. The minimum atomic E-state index is 0.0775. The predicted molar refractivity (Wildman–Crippen MR) is 47.7 cm³/mol. The van der Waals surface area contributed by atoms with Crippen LogP contribution in [0.3, 0.4) is 0 Å². The second-order valence-electron chi connectivity index (χ2n) is 4.63. The number of fused-ring (bicyclic) bond motifs is 2. The molecule has 68 valence electrons. The molecule has 0 aromatic heterocycles. The van der Waals surface area contributed by atoms with Crippen LogP contribution in [0.1, 0.15) is 32.1 Å². The molecule has 0 spiro atoms. The highest BCUT2D eigenvalue weighted by Crippen LogP contribution is 2.54. The summed E-state index contributed by atoms with van der Waals surface area (Å²) in [5.41, 5.74) is 0.0775. The zero-order chi connectivity index (χ0) is 8.77. The van der Waals surface area contributed by atoms with Crippen molar-refractivity contribution in [3.8, 4) is 0 Å². The molecule has 0 aromatic carbocycles. The summed E-state index contributed by atoms with van der Waals surface area (Å²) in [6, 6.07) is 0. The third-order valence-electron chi connectivity index (χ3n) is 3.60. The lowest BCUT2D eigenvalue weighted by Gasteiger charge is -2.28. The van der Waals surface area contributed by atoms with Gasteiger partial charge in [-0.3, -0.25) is 4.79 Å². The minimum absolute atomic E-state index is 0.0775. The molecule has 0 radical (unpaired) electrons. The zero-order valence-corrected chi connectivity index (χ0v) is 7.97. The molecular weight excluding hydrogens is 150 g/mol. The first-order valence-electron chi connectivity index (χ1n) is 4.86. The predicted octanol–water partition coefficient (Wildman–Crippen LogP) is 1.65. The Kier molecular flexibility index (Phi) is 1.67. The van der Waals surface area contributed by atoms with E-state index in [0.717, 1.165) is 18.8 Å². The van der Waals surface area contributed by atoms with Gasteiger partial charge < -0.3 is 4.90 Å². The SMILES string of the molecule is CN(C)C(=O)C12CCC(CC1)C2. The summed E-state index contributed by atoms with van der Waals surface area (Å²) in [6.07, 6.45) is 6.05. The van der Waals surface area contributed by atoms with Crippen molar-refractivity contribution in [1.29, 1.82) is 0 Å². The van der Waals surface area contributed by atoms with E-state index in [2.05, 4.69) is 0 Å². The van der Waals surface area contributed by atoms with E-state index in [0.29, 0.717) is 5.91 Å². The number of nitrogens with zero attached hydrogens (tertiary/aromatic N) is 1. The average Bonchev–Trinajstić information content (AvgIpc) is 2.62. The van der Waals surface area contributed by atoms with Gasteiger partial charge in [0, 0.05) is 19.5 Å². The number of carbonyl (C=O) groups is 1. The van der Waals surface area contributed by atoms with Crippen LogP contribution in [0.2, 0.25) is 0 Å². The molecule has 2 fully saturated rings. The van der Waals surface area contributed by atoms with Crippen LogP contribution in [0.5, 0.6) is 0 Å². The van der Waals surface area contributed by atoms with Gasteiger partial charge in [-0.25, -0.2) is 0 Å². The maximum atomic E-state index is 11.9. The van der Waals surface area contributed by atoms with Crippen molar-refractivity contribution >= 4 is 5.91 Å². The highest BCUT2D eigenvalue weighted by molar-refractivity contribution is 5.83. The van der Waals surface area contributed by atoms with Gasteiger partial charge in [0.15, 0.2) is 0 Å². The summed E-state index contributed by atoms with van der Waals surface area (Å²) in [7, 11) is 3.76. The third kappa shape index (κ3) is 0.970. The number of amides is 1. The number of carbonyl (C=O) groups excluding carboxylic acids is 1. The number of hydrogen-bond acceptors (Lipinski definition) is 1. The summed E-state index contributed by atoms with van der Waals surface area (Å²) in [5.74, 6) is 1.25. The third-order valence-corrected chi connectivity index (χ3v) is 3.60. The first-order valence-corrected chi connectivity index (χ1v) is 4.86. The molecule has 2 heteroatoms. The molecule has 2 nitrogen and oxygen atoms in total. The fourth-order valence-corrected chi connectivity index (χ4v) is 2.97. The lowest BCUT2D eigenvalue weighted by atomic mass is 9.83. The summed E-state index contributed by atoms with van der Waals surface area (Å²) in [4.78, 5) is 13.6. The topological polar surface area (TPSA) is 20.3 Å². The molecule has 0 unspecified atom stereocenters. The van der Waals surface area contributed by atoms with Gasteiger partial charge in [-0.1, -0.05) is 0 Å². The fourth-order valence-electron chi connectivity index (χ4n) is 2.97. The van der Waals surface area contributed by atoms with Gasteiger partial charge in [0.25, 0.3) is 0 Å². The maximum absolute atomic E-state index is 11.9. The Bertz CT molecular complexity index is 202. The van der Waals surface area contributed by atoms with E-state index in [9.17, 15) is 4.79 Å². The fraction of sp³-hybridized carbons (Fsp3) is 0.900. The van der Waals surface area contributed by atoms with Crippen LogP contribution < -0.4 is 0 Å². The number of hydrogen-bond donors (Lipinski definition) is 0. The molecule has 2 rings (SSSR count). The van der Waals surface area contributed by atoms with E-state index in [4.69, 9.17) is 0 Å². The van der Waals surface area contributed by atoms with Crippen LogP contribution in [0.25, 0.3) is 0 Å². The van der Waals surface area contributed by atoms with Crippen LogP contribution in [0, 0.1) is 11.3 Å². The Morgan fingerprint density at radius 3 is 2.25 bits per heavy atom. The smallest absolute Gasteiger partial charge is 0.228 e. The maximum Gasteiger partial charge on any atom is 0.228 e. The van der Waals surface area contributed by atoms with Gasteiger partial charge in [-0.05, 0) is 38.0 Å². The van der Waals surface area contributed by atoms with Gasteiger partial charge in [-0.2, -0.15) is 0 Å². The first kappa shape index (κ1) is 8.09.